The first-order chi connectivity index (χ1) is 23.3. The van der Waals surface area contributed by atoms with Crippen LogP contribution in [0.2, 0.25) is 38.3 Å². The van der Waals surface area contributed by atoms with Gasteiger partial charge in [0, 0.05) is 34.9 Å². The molecule has 0 unspecified atom stereocenters. The molecule has 0 atom stereocenters. The van der Waals surface area contributed by atoms with Crippen molar-refractivity contribution in [3.63, 3.8) is 0 Å². The molecule has 0 amide bonds. The number of aryl methyl sites for hydroxylation is 1. The van der Waals surface area contributed by atoms with E-state index in [9.17, 15) is 0 Å². The van der Waals surface area contributed by atoms with Crippen LogP contribution in [0.3, 0.4) is 0 Å². The first-order valence-electron chi connectivity index (χ1n) is 18.5. The molecule has 2 aromatic heterocycles. The molecule has 228 valence electrons. The SMILES string of the molecule is [2H]C([2H])([2H])c1cnc(-c2cccc3c2oc2c(-c4ccc5c(c4)[Si](C)(C)CC[Si]5(C)C)cccc23)cc1-c1ccc(C([2H])([2H])C(C)(C)C)cc1. The van der Waals surface area contributed by atoms with Crippen molar-refractivity contribution in [2.45, 2.75) is 72.3 Å². The minimum atomic E-state index is -2.39. The lowest BCUT2D eigenvalue weighted by atomic mass is 9.87. The van der Waals surface area contributed by atoms with E-state index in [0.29, 0.717) is 28.0 Å². The van der Waals surface area contributed by atoms with E-state index in [-0.39, 0.29) is 5.56 Å². The predicted molar refractivity (Wildman–Crippen MR) is 200 cm³/mol. The highest BCUT2D eigenvalue weighted by atomic mass is 28.3. The Kier molecular flexibility index (Phi) is 5.81. The number of aromatic nitrogens is 1. The van der Waals surface area contributed by atoms with Crippen LogP contribution < -0.4 is 10.4 Å². The third-order valence-corrected chi connectivity index (χ3v) is 17.1. The Morgan fingerprint density at radius 1 is 0.733 bits per heavy atom. The maximum Gasteiger partial charge on any atom is 0.144 e. The monoisotopic (exact) mass is 628 g/mol. The van der Waals surface area contributed by atoms with E-state index in [0.717, 1.165) is 27.5 Å². The van der Waals surface area contributed by atoms with Gasteiger partial charge < -0.3 is 4.42 Å². The summed E-state index contributed by atoms with van der Waals surface area (Å²) in [6, 6.07) is 31.2. The van der Waals surface area contributed by atoms with Crippen LogP contribution in [0, 0.1) is 12.3 Å². The number of para-hydroxylation sites is 2. The Balaban J connectivity index is 1.37. The average Bonchev–Trinajstić information content (AvgIpc) is 3.45. The van der Waals surface area contributed by atoms with Gasteiger partial charge in [-0.25, -0.2) is 0 Å². The normalized spacial score (nSPS) is 18.1. The van der Waals surface area contributed by atoms with Crippen LogP contribution in [0.5, 0.6) is 0 Å². The summed E-state index contributed by atoms with van der Waals surface area (Å²) in [6.07, 6.45) is -0.108. The molecular formula is C41H45NOSi2. The highest BCUT2D eigenvalue weighted by Gasteiger charge is 2.39. The summed E-state index contributed by atoms with van der Waals surface area (Å²) in [5.74, 6) is 0. The van der Waals surface area contributed by atoms with E-state index in [1.54, 1.807) is 22.5 Å². The quantitative estimate of drug-likeness (QED) is 0.182. The van der Waals surface area contributed by atoms with Crippen molar-refractivity contribution >= 4 is 48.5 Å². The van der Waals surface area contributed by atoms with Gasteiger partial charge in [0.05, 0.1) is 21.8 Å². The van der Waals surface area contributed by atoms with Crippen molar-refractivity contribution in [1.82, 2.24) is 4.98 Å². The molecule has 0 spiro atoms. The Hall–Kier alpha value is -3.74. The van der Waals surface area contributed by atoms with Crippen LogP contribution in [0.15, 0.2) is 95.5 Å². The van der Waals surface area contributed by atoms with Crippen molar-refractivity contribution in [3.05, 3.63) is 102 Å². The van der Waals surface area contributed by atoms with E-state index in [1.807, 2.05) is 51.1 Å². The highest BCUT2D eigenvalue weighted by molar-refractivity contribution is 7.03. The zero-order valence-corrected chi connectivity index (χ0v) is 29.4. The molecule has 0 aliphatic carbocycles. The summed E-state index contributed by atoms with van der Waals surface area (Å²) in [5, 5.41) is 5.23. The molecule has 0 bridgehead atoms. The topological polar surface area (TPSA) is 26.0 Å². The number of benzene rings is 4. The highest BCUT2D eigenvalue weighted by Crippen LogP contribution is 2.40. The number of nitrogens with zero attached hydrogens (tertiary/aromatic N) is 1. The molecular weight excluding hydrogens is 579 g/mol. The van der Waals surface area contributed by atoms with Gasteiger partial charge in [0.15, 0.2) is 0 Å². The number of rotatable bonds is 4. The second-order valence-corrected chi connectivity index (χ2v) is 24.7. The van der Waals surface area contributed by atoms with Crippen LogP contribution in [0.4, 0.5) is 0 Å². The lowest BCUT2D eigenvalue weighted by Gasteiger charge is -2.39. The number of fused-ring (bicyclic) bond motifs is 4. The van der Waals surface area contributed by atoms with E-state index < -0.39 is 34.8 Å². The Morgan fingerprint density at radius 3 is 2.02 bits per heavy atom. The third-order valence-electron chi connectivity index (χ3n) is 9.58. The number of hydrogen-bond acceptors (Lipinski definition) is 2. The van der Waals surface area contributed by atoms with Crippen molar-refractivity contribution in [2.24, 2.45) is 5.41 Å². The maximum absolute atomic E-state index is 8.71. The minimum absolute atomic E-state index is 0.150. The van der Waals surface area contributed by atoms with Crippen LogP contribution in [-0.4, -0.2) is 21.1 Å². The lowest BCUT2D eigenvalue weighted by Crippen LogP contribution is -2.63. The molecule has 1 aliphatic heterocycles. The Morgan fingerprint density at radius 2 is 1.36 bits per heavy atom. The van der Waals surface area contributed by atoms with Gasteiger partial charge in [-0.05, 0) is 58.6 Å². The molecule has 6 aromatic rings. The van der Waals surface area contributed by atoms with Crippen molar-refractivity contribution in [1.29, 1.82) is 0 Å². The smallest absolute Gasteiger partial charge is 0.144 e. The molecule has 1 aliphatic rings. The second kappa shape index (κ2) is 10.7. The van der Waals surface area contributed by atoms with Gasteiger partial charge in [-0.2, -0.15) is 0 Å². The fourth-order valence-electron chi connectivity index (χ4n) is 7.01. The van der Waals surface area contributed by atoms with E-state index in [2.05, 4.69) is 68.7 Å². The fraction of sp³-hybridized carbons (Fsp3) is 0.293. The zero-order valence-electron chi connectivity index (χ0n) is 32.4. The van der Waals surface area contributed by atoms with E-state index in [1.165, 1.54) is 23.8 Å². The van der Waals surface area contributed by atoms with Crippen LogP contribution >= 0.6 is 0 Å². The van der Waals surface area contributed by atoms with Gasteiger partial charge >= 0.3 is 0 Å². The van der Waals surface area contributed by atoms with Crippen LogP contribution in [0.1, 0.15) is 38.8 Å². The Bertz CT molecular complexity index is 2280. The summed E-state index contributed by atoms with van der Waals surface area (Å²) in [4.78, 5) is 4.70. The summed E-state index contributed by atoms with van der Waals surface area (Å²) in [6.45, 7) is 13.3. The standard InChI is InChI=1S/C41H45NOSi2/c1-27-26-42-36(24-35(27)29-17-15-28(16-18-29)25-41(2,3)4)34-14-10-13-33-32-12-9-11-31(39(32)43-40(33)34)30-19-20-37-38(23-30)45(7,8)22-21-44(37,5)6/h9-20,23-24,26H,21-22,25H2,1-8H3/i1D3,25D2. The molecule has 0 saturated heterocycles. The van der Waals surface area contributed by atoms with Crippen molar-refractivity contribution in [2.75, 3.05) is 0 Å². The predicted octanol–water partition coefficient (Wildman–Crippen LogP) is 10.7. The fourth-order valence-corrected chi connectivity index (χ4v) is 17.3. The molecule has 0 fully saturated rings. The number of furan rings is 1. The van der Waals surface area contributed by atoms with Gasteiger partial charge in [-0.3, -0.25) is 4.98 Å². The lowest BCUT2D eigenvalue weighted by molar-refractivity contribution is 0.411. The number of pyridine rings is 1. The number of hydrogen-bond donors (Lipinski definition) is 0. The zero-order chi connectivity index (χ0) is 36.0. The summed E-state index contributed by atoms with van der Waals surface area (Å²) >= 11 is 0. The molecule has 0 saturated carbocycles. The average molecular weight is 629 g/mol. The van der Waals surface area contributed by atoms with Gasteiger partial charge in [-0.15, -0.1) is 0 Å². The first kappa shape index (κ1) is 24.5. The molecule has 2 nitrogen and oxygen atoms in total. The molecule has 3 heterocycles. The Labute approximate surface area is 277 Å². The maximum atomic E-state index is 8.71. The van der Waals surface area contributed by atoms with Crippen LogP contribution in [0.25, 0.3) is 55.4 Å². The molecule has 45 heavy (non-hydrogen) atoms. The summed E-state index contributed by atoms with van der Waals surface area (Å²) in [7, 11) is -3.01. The molecule has 7 rings (SSSR count). The van der Waals surface area contributed by atoms with Gasteiger partial charge in [-0.1, -0.05) is 142 Å². The molecule has 0 N–H and O–H groups in total. The summed E-state index contributed by atoms with van der Waals surface area (Å²) in [5.41, 5.74) is 6.54. The molecule has 4 aromatic carbocycles. The second-order valence-electron chi connectivity index (χ2n) is 15.1. The summed E-state index contributed by atoms with van der Waals surface area (Å²) < 4.78 is 49.1. The first-order valence-corrected chi connectivity index (χ1v) is 22.4. The minimum Gasteiger partial charge on any atom is -0.455 e. The van der Waals surface area contributed by atoms with Crippen molar-refractivity contribution in [3.8, 4) is 33.5 Å². The molecule has 4 heteroatoms. The van der Waals surface area contributed by atoms with Crippen molar-refractivity contribution < 1.29 is 11.3 Å². The van der Waals surface area contributed by atoms with E-state index in [4.69, 9.17) is 16.3 Å². The third kappa shape index (κ3) is 5.42. The van der Waals surface area contributed by atoms with E-state index >= 15 is 0 Å². The molecule has 0 radical (unpaired) electrons. The van der Waals surface area contributed by atoms with Gasteiger partial charge in [0.1, 0.15) is 11.2 Å². The largest absolute Gasteiger partial charge is 0.455 e. The van der Waals surface area contributed by atoms with Gasteiger partial charge in [0.25, 0.3) is 0 Å². The van der Waals surface area contributed by atoms with Crippen LogP contribution in [-0.2, 0) is 6.37 Å². The van der Waals surface area contributed by atoms with Gasteiger partial charge in [0.2, 0.25) is 0 Å².